The highest BCUT2D eigenvalue weighted by atomic mass is 32.1. The first-order chi connectivity index (χ1) is 15.2. The molecule has 0 radical (unpaired) electrons. The van der Waals surface area contributed by atoms with Crippen LogP contribution in [-0.4, -0.2) is 30.1 Å². The number of ether oxygens (including phenoxy) is 2. The van der Waals surface area contributed by atoms with Crippen molar-refractivity contribution in [2.45, 2.75) is 20.0 Å². The maximum absolute atomic E-state index is 13.1. The predicted molar refractivity (Wildman–Crippen MR) is 116 cm³/mol. The average molecular weight is 464 g/mol. The van der Waals surface area contributed by atoms with Crippen LogP contribution in [0.5, 0.6) is 11.5 Å². The van der Waals surface area contributed by atoms with Crippen LogP contribution < -0.4 is 19.7 Å². The van der Waals surface area contributed by atoms with Crippen molar-refractivity contribution in [1.29, 1.82) is 0 Å². The van der Waals surface area contributed by atoms with E-state index in [-0.39, 0.29) is 16.4 Å². The lowest BCUT2D eigenvalue weighted by Crippen LogP contribution is -2.54. The molecule has 0 unspecified atom stereocenters. The molecule has 1 aliphatic heterocycles. The fourth-order valence-corrected chi connectivity index (χ4v) is 3.32. The zero-order valence-corrected chi connectivity index (χ0v) is 18.0. The van der Waals surface area contributed by atoms with Crippen LogP contribution in [0, 0.1) is 0 Å². The van der Waals surface area contributed by atoms with E-state index in [0.29, 0.717) is 30.3 Å². The predicted octanol–water partition coefficient (Wildman–Crippen LogP) is 4.33. The molecule has 0 aliphatic carbocycles. The van der Waals surface area contributed by atoms with Gasteiger partial charge in [0.15, 0.2) is 16.6 Å². The number of benzene rings is 2. The summed E-state index contributed by atoms with van der Waals surface area (Å²) >= 11 is 5.05. The number of halogens is 3. The molecule has 0 atom stereocenters. The van der Waals surface area contributed by atoms with Crippen LogP contribution in [0.4, 0.5) is 18.9 Å². The first kappa shape index (κ1) is 23.3. The van der Waals surface area contributed by atoms with Crippen molar-refractivity contribution in [1.82, 2.24) is 5.32 Å². The molecule has 2 aromatic rings. The van der Waals surface area contributed by atoms with Gasteiger partial charge in [-0.05, 0) is 68.0 Å². The van der Waals surface area contributed by atoms with Gasteiger partial charge >= 0.3 is 6.18 Å². The quantitative estimate of drug-likeness (QED) is 0.392. The molecule has 0 saturated carbocycles. The van der Waals surface area contributed by atoms with E-state index >= 15 is 0 Å². The van der Waals surface area contributed by atoms with Gasteiger partial charge in [-0.3, -0.25) is 19.8 Å². The molecule has 0 bridgehead atoms. The minimum Gasteiger partial charge on any atom is -0.490 e. The largest absolute Gasteiger partial charge is 0.490 e. The fourth-order valence-electron chi connectivity index (χ4n) is 3.04. The zero-order valence-electron chi connectivity index (χ0n) is 17.2. The number of alkyl halides is 3. The Morgan fingerprint density at radius 3 is 2.38 bits per heavy atom. The molecule has 1 heterocycles. The van der Waals surface area contributed by atoms with Gasteiger partial charge < -0.3 is 9.47 Å². The highest BCUT2D eigenvalue weighted by molar-refractivity contribution is 7.80. The van der Waals surface area contributed by atoms with Gasteiger partial charge in [-0.2, -0.15) is 13.2 Å². The molecule has 0 spiro atoms. The second kappa shape index (κ2) is 9.39. The number of hydrogen-bond acceptors (Lipinski definition) is 5. The molecule has 3 rings (SSSR count). The summed E-state index contributed by atoms with van der Waals surface area (Å²) in [7, 11) is 0. The van der Waals surface area contributed by atoms with Crippen molar-refractivity contribution in [3.8, 4) is 11.5 Å². The van der Waals surface area contributed by atoms with E-state index in [1.165, 1.54) is 12.1 Å². The molecule has 1 saturated heterocycles. The fraction of sp³-hybridized carbons (Fsp3) is 0.227. The third-order valence-corrected chi connectivity index (χ3v) is 4.70. The summed E-state index contributed by atoms with van der Waals surface area (Å²) in [6.07, 6.45) is -3.28. The van der Waals surface area contributed by atoms with Gasteiger partial charge in [-0.25, -0.2) is 0 Å². The highest BCUT2D eigenvalue weighted by Crippen LogP contribution is 2.33. The van der Waals surface area contributed by atoms with Crippen molar-refractivity contribution in [2.24, 2.45) is 0 Å². The number of carbonyl (C=O) groups excluding carboxylic acids is 2. The third kappa shape index (κ3) is 4.91. The minimum atomic E-state index is -4.60. The Morgan fingerprint density at radius 1 is 1.03 bits per heavy atom. The van der Waals surface area contributed by atoms with Crippen LogP contribution in [0.15, 0.2) is 48.0 Å². The molecule has 1 N–H and O–H groups in total. The monoisotopic (exact) mass is 464 g/mol. The average Bonchev–Trinajstić information content (AvgIpc) is 2.73. The van der Waals surface area contributed by atoms with E-state index in [2.05, 4.69) is 5.32 Å². The molecule has 2 amide bonds. The highest BCUT2D eigenvalue weighted by Gasteiger charge is 2.36. The van der Waals surface area contributed by atoms with Crippen LogP contribution >= 0.6 is 12.2 Å². The van der Waals surface area contributed by atoms with Gasteiger partial charge in [0.05, 0.1) is 24.5 Å². The van der Waals surface area contributed by atoms with E-state index in [4.69, 9.17) is 21.7 Å². The second-order valence-electron chi connectivity index (χ2n) is 6.58. The third-order valence-electron chi connectivity index (χ3n) is 4.41. The second-order valence-corrected chi connectivity index (χ2v) is 6.96. The Morgan fingerprint density at radius 2 is 1.72 bits per heavy atom. The molecule has 2 aromatic carbocycles. The number of amides is 2. The summed E-state index contributed by atoms with van der Waals surface area (Å²) in [5, 5.41) is 2.04. The Bertz CT molecular complexity index is 1100. The summed E-state index contributed by atoms with van der Waals surface area (Å²) < 4.78 is 50.4. The molecule has 1 fully saturated rings. The van der Waals surface area contributed by atoms with Gasteiger partial charge in [0.25, 0.3) is 11.8 Å². The molecule has 32 heavy (non-hydrogen) atoms. The molecule has 0 aromatic heterocycles. The summed E-state index contributed by atoms with van der Waals surface area (Å²) in [4.78, 5) is 26.4. The zero-order chi connectivity index (χ0) is 23.5. The minimum absolute atomic E-state index is 0.109. The summed E-state index contributed by atoms with van der Waals surface area (Å²) in [5.41, 5.74) is -0.877. The maximum atomic E-state index is 13.1. The summed E-state index contributed by atoms with van der Waals surface area (Å²) in [6, 6.07) is 9.01. The van der Waals surface area contributed by atoms with Crippen LogP contribution in [-0.2, 0) is 15.8 Å². The standard InChI is InChI=1S/C22H19F3N2O4S/c1-3-30-17-9-8-13(11-18(17)31-4-2)10-16-19(28)26-21(32)27(20(16)29)15-7-5-6-14(12-15)22(23,24)25/h5-12H,3-4H2,1-2H3,(H,26,28,32)/b16-10+. The van der Waals surface area contributed by atoms with E-state index < -0.39 is 23.6 Å². The Balaban J connectivity index is 2.00. The van der Waals surface area contributed by atoms with Crippen molar-refractivity contribution in [2.75, 3.05) is 18.1 Å². The van der Waals surface area contributed by atoms with E-state index in [1.807, 2.05) is 6.92 Å². The van der Waals surface area contributed by atoms with Gasteiger partial charge in [0.2, 0.25) is 0 Å². The lowest BCUT2D eigenvalue weighted by atomic mass is 10.1. The number of carbonyl (C=O) groups is 2. The number of anilines is 1. The SMILES string of the molecule is CCOc1ccc(/C=C2\C(=O)NC(=S)N(c3cccc(C(F)(F)F)c3)C2=O)cc1OCC. The molecular weight excluding hydrogens is 445 g/mol. The van der Waals surface area contributed by atoms with Gasteiger partial charge in [0, 0.05) is 0 Å². The number of rotatable bonds is 6. The van der Waals surface area contributed by atoms with Gasteiger partial charge in [-0.15, -0.1) is 0 Å². The molecule has 10 heteroatoms. The van der Waals surface area contributed by atoms with Crippen LogP contribution in [0.25, 0.3) is 6.08 Å². The number of hydrogen-bond donors (Lipinski definition) is 1. The van der Waals surface area contributed by atoms with E-state index in [9.17, 15) is 22.8 Å². The smallest absolute Gasteiger partial charge is 0.416 e. The molecule has 6 nitrogen and oxygen atoms in total. The number of thiocarbonyl (C=S) groups is 1. The van der Waals surface area contributed by atoms with Gasteiger partial charge in [-0.1, -0.05) is 12.1 Å². The van der Waals surface area contributed by atoms with Crippen LogP contribution in [0.2, 0.25) is 0 Å². The Kier molecular flexibility index (Phi) is 6.83. The topological polar surface area (TPSA) is 67.9 Å². The van der Waals surface area contributed by atoms with Crippen LogP contribution in [0.1, 0.15) is 25.0 Å². The number of nitrogens with one attached hydrogen (secondary N) is 1. The first-order valence-corrected chi connectivity index (χ1v) is 10.0. The molecular formula is C22H19F3N2O4S. The van der Waals surface area contributed by atoms with Gasteiger partial charge in [0.1, 0.15) is 5.57 Å². The lowest BCUT2D eigenvalue weighted by Gasteiger charge is -2.29. The molecule has 168 valence electrons. The maximum Gasteiger partial charge on any atom is 0.416 e. The number of nitrogens with zero attached hydrogens (tertiary/aromatic N) is 1. The first-order valence-electron chi connectivity index (χ1n) is 9.64. The normalized spacial score (nSPS) is 15.7. The van der Waals surface area contributed by atoms with E-state index in [0.717, 1.165) is 23.1 Å². The molecule has 1 aliphatic rings. The van der Waals surface area contributed by atoms with E-state index in [1.54, 1.807) is 25.1 Å². The van der Waals surface area contributed by atoms with Crippen molar-refractivity contribution >= 4 is 40.9 Å². The van der Waals surface area contributed by atoms with Crippen molar-refractivity contribution in [3.63, 3.8) is 0 Å². The van der Waals surface area contributed by atoms with Crippen molar-refractivity contribution in [3.05, 3.63) is 59.2 Å². The summed E-state index contributed by atoms with van der Waals surface area (Å²) in [6.45, 7) is 4.41. The Hall–Kier alpha value is -3.40. The summed E-state index contributed by atoms with van der Waals surface area (Å²) in [5.74, 6) is -0.666. The van der Waals surface area contributed by atoms with Crippen LogP contribution in [0.3, 0.4) is 0 Å². The lowest BCUT2D eigenvalue weighted by molar-refractivity contribution is -0.137. The Labute approximate surface area is 187 Å². The van der Waals surface area contributed by atoms with Crippen molar-refractivity contribution < 1.29 is 32.2 Å².